The topological polar surface area (TPSA) is 55.1 Å². The minimum atomic E-state index is 0.00956. The number of carbonyl (C=O) groups excluding carboxylic acids is 1. The van der Waals surface area contributed by atoms with Crippen molar-refractivity contribution in [2.75, 3.05) is 12.3 Å². The van der Waals surface area contributed by atoms with Crippen LogP contribution in [0.2, 0.25) is 5.02 Å². The van der Waals surface area contributed by atoms with E-state index in [2.05, 4.69) is 5.32 Å². The molecule has 0 saturated carbocycles. The predicted octanol–water partition coefficient (Wildman–Crippen LogP) is 2.34. The third kappa shape index (κ3) is 3.15. The smallest absolute Gasteiger partial charge is 0.221 e. The van der Waals surface area contributed by atoms with Crippen molar-refractivity contribution in [1.29, 1.82) is 0 Å². The van der Waals surface area contributed by atoms with Crippen LogP contribution in [0.15, 0.2) is 23.1 Å². The van der Waals surface area contributed by atoms with Gasteiger partial charge in [0, 0.05) is 28.6 Å². The molecular weight excluding hydrogens is 256 g/mol. The second kappa shape index (κ2) is 5.76. The Bertz CT molecular complexity index is 425. The first-order valence-electron chi connectivity index (χ1n) is 5.62. The van der Waals surface area contributed by atoms with Gasteiger partial charge in [0.15, 0.2) is 0 Å². The number of amides is 1. The lowest BCUT2D eigenvalue weighted by Crippen LogP contribution is -2.31. The molecule has 17 heavy (non-hydrogen) atoms. The van der Waals surface area contributed by atoms with Gasteiger partial charge in [-0.2, -0.15) is 0 Å². The zero-order valence-electron chi connectivity index (χ0n) is 9.41. The molecule has 92 valence electrons. The fourth-order valence-corrected chi connectivity index (χ4v) is 3.20. The molecule has 2 rings (SSSR count). The fourth-order valence-electron chi connectivity index (χ4n) is 1.91. The number of rotatable bonds is 3. The molecular formula is C12H15ClN2OS. The van der Waals surface area contributed by atoms with Gasteiger partial charge < -0.3 is 11.1 Å². The lowest BCUT2D eigenvalue weighted by molar-refractivity contribution is -0.121. The molecule has 0 spiro atoms. The van der Waals surface area contributed by atoms with Gasteiger partial charge >= 0.3 is 0 Å². The molecule has 0 saturated heterocycles. The van der Waals surface area contributed by atoms with Gasteiger partial charge in [0.2, 0.25) is 5.91 Å². The summed E-state index contributed by atoms with van der Waals surface area (Å²) in [6, 6.07) is 5.92. The highest BCUT2D eigenvalue weighted by Gasteiger charge is 2.22. The molecule has 5 heteroatoms. The van der Waals surface area contributed by atoms with Crippen LogP contribution in [-0.2, 0) is 4.79 Å². The molecule has 0 bridgehead atoms. The van der Waals surface area contributed by atoms with Crippen LogP contribution < -0.4 is 11.1 Å². The molecule has 0 radical (unpaired) electrons. The average molecular weight is 271 g/mol. The molecule has 1 atom stereocenters. The number of nitrogens with two attached hydrogens (primary N) is 1. The van der Waals surface area contributed by atoms with Gasteiger partial charge in [0.1, 0.15) is 0 Å². The molecule has 0 aromatic heterocycles. The van der Waals surface area contributed by atoms with Crippen molar-refractivity contribution in [3.05, 3.63) is 28.8 Å². The third-order valence-electron chi connectivity index (χ3n) is 2.72. The summed E-state index contributed by atoms with van der Waals surface area (Å²) in [5, 5.41) is 3.72. The number of benzene rings is 1. The van der Waals surface area contributed by atoms with Crippen LogP contribution in [0.25, 0.3) is 0 Å². The van der Waals surface area contributed by atoms with Crippen molar-refractivity contribution in [3.63, 3.8) is 0 Å². The van der Waals surface area contributed by atoms with E-state index in [0.717, 1.165) is 17.7 Å². The van der Waals surface area contributed by atoms with Gasteiger partial charge in [0.25, 0.3) is 0 Å². The summed E-state index contributed by atoms with van der Waals surface area (Å²) < 4.78 is 0. The van der Waals surface area contributed by atoms with Crippen LogP contribution in [0.1, 0.15) is 24.4 Å². The number of hydrogen-bond acceptors (Lipinski definition) is 3. The van der Waals surface area contributed by atoms with E-state index in [1.807, 2.05) is 18.2 Å². The summed E-state index contributed by atoms with van der Waals surface area (Å²) in [5.41, 5.74) is 6.49. The first-order valence-corrected chi connectivity index (χ1v) is 6.98. The van der Waals surface area contributed by atoms with Crippen LogP contribution >= 0.6 is 23.4 Å². The van der Waals surface area contributed by atoms with Crippen LogP contribution in [-0.4, -0.2) is 18.2 Å². The van der Waals surface area contributed by atoms with Gasteiger partial charge in [0.05, 0.1) is 6.04 Å². The Morgan fingerprint density at radius 3 is 3.18 bits per heavy atom. The Morgan fingerprint density at radius 1 is 1.59 bits per heavy atom. The van der Waals surface area contributed by atoms with Crippen molar-refractivity contribution in [2.24, 2.45) is 5.73 Å². The molecule has 3 N–H and O–H groups in total. The number of fused-ring (bicyclic) bond motifs is 1. The van der Waals surface area contributed by atoms with Gasteiger partial charge in [-0.1, -0.05) is 11.6 Å². The molecule has 3 nitrogen and oxygen atoms in total. The molecule has 1 aliphatic rings. The minimum absolute atomic E-state index is 0.00956. The molecule has 1 amide bonds. The highest BCUT2D eigenvalue weighted by molar-refractivity contribution is 7.99. The SMILES string of the molecule is NCCC(=O)NC1CCSc2ccc(Cl)cc21. The summed E-state index contributed by atoms with van der Waals surface area (Å²) in [5.74, 6) is 1.03. The van der Waals surface area contributed by atoms with Gasteiger partial charge in [-0.25, -0.2) is 0 Å². The molecule has 0 aliphatic carbocycles. The maximum absolute atomic E-state index is 11.6. The number of nitrogens with one attached hydrogen (secondary N) is 1. The van der Waals surface area contributed by atoms with E-state index < -0.39 is 0 Å². The molecule has 1 heterocycles. The van der Waals surface area contributed by atoms with E-state index in [-0.39, 0.29) is 11.9 Å². The van der Waals surface area contributed by atoms with Crippen molar-refractivity contribution >= 4 is 29.3 Å². The summed E-state index contributed by atoms with van der Waals surface area (Å²) in [6.07, 6.45) is 1.31. The number of carbonyl (C=O) groups is 1. The van der Waals surface area contributed by atoms with E-state index >= 15 is 0 Å². The summed E-state index contributed by atoms with van der Waals surface area (Å²) >= 11 is 7.80. The number of hydrogen-bond donors (Lipinski definition) is 2. The zero-order chi connectivity index (χ0) is 12.3. The Labute approximate surface area is 110 Å². The summed E-state index contributed by atoms with van der Waals surface area (Å²) in [6.45, 7) is 0.385. The predicted molar refractivity (Wildman–Crippen MR) is 71.3 cm³/mol. The Morgan fingerprint density at radius 2 is 2.41 bits per heavy atom. The van der Waals surface area contributed by atoms with Crippen molar-refractivity contribution in [2.45, 2.75) is 23.8 Å². The van der Waals surface area contributed by atoms with Crippen molar-refractivity contribution in [3.8, 4) is 0 Å². The second-order valence-electron chi connectivity index (χ2n) is 3.98. The summed E-state index contributed by atoms with van der Waals surface area (Å²) in [4.78, 5) is 12.8. The molecule has 0 fully saturated rings. The second-order valence-corrected chi connectivity index (χ2v) is 5.55. The normalized spacial score (nSPS) is 18.6. The fraction of sp³-hybridized carbons (Fsp3) is 0.417. The molecule has 1 aliphatic heterocycles. The van der Waals surface area contributed by atoms with Gasteiger partial charge in [-0.05, 0) is 30.2 Å². The van der Waals surface area contributed by atoms with E-state index in [1.165, 1.54) is 4.90 Å². The van der Waals surface area contributed by atoms with E-state index in [0.29, 0.717) is 18.0 Å². The Hall–Kier alpha value is -0.710. The van der Waals surface area contributed by atoms with Crippen LogP contribution in [0, 0.1) is 0 Å². The molecule has 1 aromatic carbocycles. The highest BCUT2D eigenvalue weighted by atomic mass is 35.5. The average Bonchev–Trinajstić information content (AvgIpc) is 2.30. The van der Waals surface area contributed by atoms with E-state index in [1.54, 1.807) is 11.8 Å². The largest absolute Gasteiger partial charge is 0.349 e. The zero-order valence-corrected chi connectivity index (χ0v) is 11.0. The first kappa shape index (κ1) is 12.7. The Balaban J connectivity index is 2.16. The van der Waals surface area contributed by atoms with Crippen molar-refractivity contribution < 1.29 is 4.79 Å². The molecule has 1 unspecified atom stereocenters. The first-order chi connectivity index (χ1) is 8.20. The standard InChI is InChI=1S/C12H15ClN2OS/c13-8-1-2-11-9(7-8)10(4-6-17-11)15-12(16)3-5-14/h1-2,7,10H,3-6,14H2,(H,15,16). The van der Waals surface area contributed by atoms with Gasteiger partial charge in [-0.3, -0.25) is 4.79 Å². The van der Waals surface area contributed by atoms with Crippen molar-refractivity contribution in [1.82, 2.24) is 5.32 Å². The quantitative estimate of drug-likeness (QED) is 0.886. The number of halogens is 1. The number of thioether (sulfide) groups is 1. The maximum atomic E-state index is 11.6. The third-order valence-corrected chi connectivity index (χ3v) is 4.08. The highest BCUT2D eigenvalue weighted by Crippen LogP contribution is 2.37. The summed E-state index contributed by atoms with van der Waals surface area (Å²) in [7, 11) is 0. The van der Waals surface area contributed by atoms with Gasteiger partial charge in [-0.15, -0.1) is 11.8 Å². The molecule has 1 aromatic rings. The van der Waals surface area contributed by atoms with Crippen LogP contribution in [0.4, 0.5) is 0 Å². The maximum Gasteiger partial charge on any atom is 0.221 e. The minimum Gasteiger partial charge on any atom is -0.349 e. The van der Waals surface area contributed by atoms with E-state index in [4.69, 9.17) is 17.3 Å². The lowest BCUT2D eigenvalue weighted by atomic mass is 10.0. The monoisotopic (exact) mass is 270 g/mol. The Kier molecular flexibility index (Phi) is 4.31. The lowest BCUT2D eigenvalue weighted by Gasteiger charge is -2.26. The van der Waals surface area contributed by atoms with Crippen LogP contribution in [0.3, 0.4) is 0 Å². The van der Waals surface area contributed by atoms with Crippen LogP contribution in [0.5, 0.6) is 0 Å². The van der Waals surface area contributed by atoms with E-state index in [9.17, 15) is 4.79 Å².